The molecule has 8 nitrogen and oxygen atoms in total. The lowest BCUT2D eigenvalue weighted by Crippen LogP contribution is -2.50. The van der Waals surface area contributed by atoms with Crippen molar-refractivity contribution >= 4 is 39.4 Å². The van der Waals surface area contributed by atoms with E-state index in [1.54, 1.807) is 0 Å². The lowest BCUT2D eigenvalue weighted by molar-refractivity contribution is 0.208. The Morgan fingerprint density at radius 3 is 2.49 bits per heavy atom. The Kier molecular flexibility index (Phi) is 6.14. The third-order valence-electron chi connectivity index (χ3n) is 6.78. The van der Waals surface area contributed by atoms with Crippen LogP contribution in [0, 0.1) is 0 Å². The van der Waals surface area contributed by atoms with Crippen molar-refractivity contribution in [2.75, 3.05) is 36.4 Å². The molecule has 186 valence electrons. The number of nitrogens with one attached hydrogen (secondary N) is 1. The van der Waals surface area contributed by atoms with Crippen LogP contribution in [-0.4, -0.2) is 52.2 Å². The molecule has 0 aliphatic carbocycles. The van der Waals surface area contributed by atoms with Gasteiger partial charge in [-0.2, -0.15) is 4.98 Å². The predicted molar refractivity (Wildman–Crippen MR) is 146 cm³/mol. The van der Waals surface area contributed by atoms with Gasteiger partial charge >= 0.3 is 6.03 Å². The van der Waals surface area contributed by atoms with Crippen LogP contribution < -0.4 is 10.2 Å². The molecule has 0 unspecified atom stereocenters. The summed E-state index contributed by atoms with van der Waals surface area (Å²) in [5.74, 6) is 1.57. The summed E-state index contributed by atoms with van der Waals surface area (Å²) in [5, 5.41) is 10.4. The molecule has 1 saturated heterocycles. The van der Waals surface area contributed by atoms with Gasteiger partial charge in [-0.15, -0.1) is 0 Å². The van der Waals surface area contributed by atoms with Crippen LogP contribution in [0.5, 0.6) is 0 Å². The van der Waals surface area contributed by atoms with Crippen LogP contribution in [0.15, 0.2) is 77.3 Å². The fraction of sp³-hybridized carbons (Fsp3) is 0.241. The van der Waals surface area contributed by atoms with E-state index < -0.39 is 0 Å². The molecule has 2 aromatic heterocycles. The van der Waals surface area contributed by atoms with Gasteiger partial charge in [-0.3, -0.25) is 0 Å². The Balaban J connectivity index is 1.25. The SMILES string of the molecule is CCCc1nc(N2CCN(C(=O)Nc3cccc4ccccc34)CC2)c2c(-c3ccccc3)noc2n1. The monoisotopic (exact) mass is 492 g/mol. The summed E-state index contributed by atoms with van der Waals surface area (Å²) in [7, 11) is 0. The van der Waals surface area contributed by atoms with E-state index in [4.69, 9.17) is 9.51 Å². The summed E-state index contributed by atoms with van der Waals surface area (Å²) in [6.07, 6.45) is 1.70. The molecule has 2 amide bonds. The highest BCUT2D eigenvalue weighted by Crippen LogP contribution is 2.34. The Hall–Kier alpha value is -4.46. The first-order chi connectivity index (χ1) is 18.2. The van der Waals surface area contributed by atoms with Crippen LogP contribution in [0.4, 0.5) is 16.3 Å². The summed E-state index contributed by atoms with van der Waals surface area (Å²) in [6, 6.07) is 23.9. The first-order valence-corrected chi connectivity index (χ1v) is 12.7. The van der Waals surface area contributed by atoms with E-state index in [9.17, 15) is 4.79 Å². The van der Waals surface area contributed by atoms with Gasteiger partial charge in [0.25, 0.3) is 5.71 Å². The highest BCUT2D eigenvalue weighted by atomic mass is 16.5. The number of amides is 2. The third-order valence-corrected chi connectivity index (χ3v) is 6.78. The number of hydrogen-bond donors (Lipinski definition) is 1. The van der Waals surface area contributed by atoms with E-state index in [0.717, 1.165) is 57.6 Å². The van der Waals surface area contributed by atoms with Crippen LogP contribution in [-0.2, 0) is 6.42 Å². The number of urea groups is 1. The fourth-order valence-electron chi connectivity index (χ4n) is 4.89. The molecule has 0 saturated carbocycles. The maximum atomic E-state index is 13.1. The van der Waals surface area contributed by atoms with E-state index in [1.807, 2.05) is 77.7 Å². The molecule has 1 fully saturated rings. The molecule has 1 N–H and O–H groups in total. The standard InChI is InChI=1S/C29H28N6O2/c1-2-9-24-31-27(25-26(33-37-28(25)32-24)21-11-4-3-5-12-21)34-16-18-35(19-17-34)29(36)30-23-15-8-13-20-10-6-7-14-22(20)23/h3-8,10-15H,2,9,16-19H2,1H3,(H,30,36). The quantitative estimate of drug-likeness (QED) is 0.336. The van der Waals surface area contributed by atoms with E-state index >= 15 is 0 Å². The molecule has 1 aliphatic rings. The van der Waals surface area contributed by atoms with Crippen molar-refractivity contribution in [2.24, 2.45) is 0 Å². The van der Waals surface area contributed by atoms with Crippen LogP contribution >= 0.6 is 0 Å². The zero-order valence-electron chi connectivity index (χ0n) is 20.7. The minimum absolute atomic E-state index is 0.0922. The summed E-state index contributed by atoms with van der Waals surface area (Å²) in [6.45, 7) is 4.57. The molecule has 0 spiro atoms. The normalized spacial score (nSPS) is 13.9. The molecule has 37 heavy (non-hydrogen) atoms. The number of rotatable bonds is 5. The molecule has 0 atom stereocenters. The smallest absolute Gasteiger partial charge is 0.321 e. The zero-order chi connectivity index (χ0) is 25.2. The minimum atomic E-state index is -0.0922. The molecule has 6 rings (SSSR count). The zero-order valence-corrected chi connectivity index (χ0v) is 20.7. The van der Waals surface area contributed by atoms with Gasteiger partial charge in [-0.25, -0.2) is 9.78 Å². The number of carbonyl (C=O) groups excluding carboxylic acids is 1. The van der Waals surface area contributed by atoms with Crippen molar-refractivity contribution in [2.45, 2.75) is 19.8 Å². The largest absolute Gasteiger partial charge is 0.352 e. The highest BCUT2D eigenvalue weighted by Gasteiger charge is 2.27. The molecule has 1 aliphatic heterocycles. The number of hydrogen-bond acceptors (Lipinski definition) is 6. The fourth-order valence-corrected chi connectivity index (χ4v) is 4.89. The second kappa shape index (κ2) is 9.89. The second-order valence-electron chi connectivity index (χ2n) is 9.22. The summed E-state index contributed by atoms with van der Waals surface area (Å²) < 4.78 is 5.68. The van der Waals surface area contributed by atoms with Crippen molar-refractivity contribution in [1.29, 1.82) is 0 Å². The minimum Gasteiger partial charge on any atom is -0.352 e. The van der Waals surface area contributed by atoms with Crippen molar-refractivity contribution in [1.82, 2.24) is 20.0 Å². The number of anilines is 2. The number of carbonyl (C=O) groups is 1. The van der Waals surface area contributed by atoms with Gasteiger partial charge in [0.2, 0.25) is 0 Å². The average Bonchev–Trinajstić information content (AvgIpc) is 3.38. The van der Waals surface area contributed by atoms with E-state index in [2.05, 4.69) is 27.3 Å². The van der Waals surface area contributed by atoms with Crippen molar-refractivity contribution in [3.63, 3.8) is 0 Å². The number of nitrogens with zero attached hydrogens (tertiary/aromatic N) is 5. The number of aromatic nitrogens is 3. The van der Waals surface area contributed by atoms with E-state index in [0.29, 0.717) is 31.9 Å². The van der Waals surface area contributed by atoms with E-state index in [1.165, 1.54) is 0 Å². The third kappa shape index (κ3) is 4.46. The Morgan fingerprint density at radius 1 is 0.919 bits per heavy atom. The van der Waals surface area contributed by atoms with Crippen LogP contribution in [0.25, 0.3) is 33.1 Å². The Morgan fingerprint density at radius 2 is 1.68 bits per heavy atom. The summed E-state index contributed by atoms with van der Waals surface area (Å²) >= 11 is 0. The van der Waals surface area contributed by atoms with E-state index in [-0.39, 0.29) is 6.03 Å². The van der Waals surface area contributed by atoms with Crippen LogP contribution in [0.3, 0.4) is 0 Å². The molecular weight excluding hydrogens is 464 g/mol. The molecule has 0 radical (unpaired) electrons. The van der Waals surface area contributed by atoms with Gasteiger partial charge in [0.05, 0.1) is 5.69 Å². The summed E-state index contributed by atoms with van der Waals surface area (Å²) in [4.78, 5) is 26.8. The average molecular weight is 493 g/mol. The van der Waals surface area contributed by atoms with Crippen LogP contribution in [0.1, 0.15) is 19.2 Å². The molecule has 5 aromatic rings. The van der Waals surface area contributed by atoms with Gasteiger partial charge in [0, 0.05) is 43.5 Å². The maximum absolute atomic E-state index is 13.1. The van der Waals surface area contributed by atoms with Gasteiger partial charge in [-0.1, -0.05) is 78.8 Å². The van der Waals surface area contributed by atoms with Crippen molar-refractivity contribution in [3.8, 4) is 11.3 Å². The lowest BCUT2D eigenvalue weighted by atomic mass is 10.1. The second-order valence-corrected chi connectivity index (χ2v) is 9.22. The highest BCUT2D eigenvalue weighted by molar-refractivity contribution is 6.02. The van der Waals surface area contributed by atoms with Gasteiger partial charge in [-0.05, 0) is 17.9 Å². The predicted octanol–water partition coefficient (Wildman–Crippen LogP) is 5.74. The number of piperazine rings is 1. The van der Waals surface area contributed by atoms with Gasteiger partial charge in [0.15, 0.2) is 0 Å². The summed E-state index contributed by atoms with van der Waals surface area (Å²) in [5.41, 5.74) is 3.03. The molecule has 3 aromatic carbocycles. The van der Waals surface area contributed by atoms with Crippen LogP contribution in [0.2, 0.25) is 0 Å². The molecular formula is C29H28N6O2. The van der Waals surface area contributed by atoms with Crippen molar-refractivity contribution in [3.05, 3.63) is 78.6 Å². The first kappa shape index (κ1) is 23.0. The Labute approximate surface area is 214 Å². The lowest BCUT2D eigenvalue weighted by Gasteiger charge is -2.35. The number of aryl methyl sites for hydroxylation is 1. The Bertz CT molecular complexity index is 1550. The number of benzene rings is 3. The molecule has 8 heteroatoms. The number of fused-ring (bicyclic) bond motifs is 2. The van der Waals surface area contributed by atoms with Crippen molar-refractivity contribution < 1.29 is 9.32 Å². The maximum Gasteiger partial charge on any atom is 0.321 e. The topological polar surface area (TPSA) is 87.4 Å². The molecule has 0 bridgehead atoms. The first-order valence-electron chi connectivity index (χ1n) is 12.7. The van der Waals surface area contributed by atoms with Gasteiger partial charge < -0.3 is 19.6 Å². The van der Waals surface area contributed by atoms with Gasteiger partial charge in [0.1, 0.15) is 22.7 Å². The molecule has 3 heterocycles.